The lowest BCUT2D eigenvalue weighted by Gasteiger charge is -2.41. The molecule has 4 N–H and O–H groups in total. The van der Waals surface area contributed by atoms with Crippen LogP contribution in [0.2, 0.25) is 0 Å². The van der Waals surface area contributed by atoms with Crippen molar-refractivity contribution in [3.8, 4) is 5.75 Å². The van der Waals surface area contributed by atoms with Crippen LogP contribution in [0.25, 0.3) is 5.57 Å². The van der Waals surface area contributed by atoms with Gasteiger partial charge in [-0.2, -0.15) is 0 Å². The number of carbonyl (C=O) groups excluding carboxylic acids is 1. The number of nitrogens with zero attached hydrogens (tertiary/aromatic N) is 2. The third kappa shape index (κ3) is 5.97. The van der Waals surface area contributed by atoms with E-state index in [4.69, 9.17) is 10.5 Å². The molecule has 0 radical (unpaired) electrons. The molecule has 182 valence electrons. The number of anilines is 1. The van der Waals surface area contributed by atoms with E-state index in [9.17, 15) is 4.79 Å². The number of amides is 1. The fourth-order valence-corrected chi connectivity index (χ4v) is 4.01. The van der Waals surface area contributed by atoms with E-state index in [-0.39, 0.29) is 18.1 Å². The van der Waals surface area contributed by atoms with Gasteiger partial charge in [-0.25, -0.2) is 0 Å². The van der Waals surface area contributed by atoms with Gasteiger partial charge in [0.05, 0.1) is 12.1 Å². The van der Waals surface area contributed by atoms with Crippen molar-refractivity contribution in [2.24, 2.45) is 10.7 Å². The molecule has 0 bridgehead atoms. The SMILES string of the molecule is CN=CC(=CN)c1cc(OC(C)C)cc([C@@H](C)NC(=O)c2cc(N3CC(NC)C3)ccc2C)c1. The molecule has 0 aromatic heterocycles. The predicted molar refractivity (Wildman–Crippen MR) is 141 cm³/mol. The highest BCUT2D eigenvalue weighted by molar-refractivity contribution is 6.09. The van der Waals surface area contributed by atoms with Gasteiger partial charge in [0.15, 0.2) is 0 Å². The van der Waals surface area contributed by atoms with E-state index in [0.29, 0.717) is 11.6 Å². The van der Waals surface area contributed by atoms with Crippen molar-refractivity contribution in [1.29, 1.82) is 0 Å². The molecule has 2 aromatic rings. The number of nitrogens with two attached hydrogens (primary N) is 1. The minimum Gasteiger partial charge on any atom is -0.491 e. The Morgan fingerprint density at radius 2 is 1.94 bits per heavy atom. The first-order valence-electron chi connectivity index (χ1n) is 11.8. The highest BCUT2D eigenvalue weighted by Crippen LogP contribution is 2.28. The van der Waals surface area contributed by atoms with Crippen molar-refractivity contribution in [2.45, 2.75) is 45.9 Å². The van der Waals surface area contributed by atoms with Crippen LogP contribution in [0.3, 0.4) is 0 Å². The quantitative estimate of drug-likeness (QED) is 0.494. The number of nitrogens with one attached hydrogen (secondary N) is 2. The molecule has 0 saturated carbocycles. The van der Waals surface area contributed by atoms with E-state index in [1.54, 1.807) is 13.3 Å². The Hall–Kier alpha value is -3.32. The maximum atomic E-state index is 13.3. The van der Waals surface area contributed by atoms with E-state index in [0.717, 1.165) is 46.8 Å². The molecule has 0 aliphatic carbocycles. The average Bonchev–Trinajstić information content (AvgIpc) is 2.76. The molecule has 0 spiro atoms. The van der Waals surface area contributed by atoms with Crippen LogP contribution in [-0.4, -0.2) is 51.5 Å². The number of hydrogen-bond acceptors (Lipinski definition) is 6. The van der Waals surface area contributed by atoms with Crippen molar-refractivity contribution >= 4 is 23.4 Å². The molecule has 34 heavy (non-hydrogen) atoms. The molecule has 1 amide bonds. The molecule has 1 saturated heterocycles. The number of aliphatic imine (C=N–C) groups is 1. The van der Waals surface area contributed by atoms with Gasteiger partial charge >= 0.3 is 0 Å². The van der Waals surface area contributed by atoms with Crippen LogP contribution in [0.15, 0.2) is 47.6 Å². The highest BCUT2D eigenvalue weighted by atomic mass is 16.5. The average molecular weight is 464 g/mol. The van der Waals surface area contributed by atoms with E-state index in [2.05, 4.69) is 26.6 Å². The number of carbonyl (C=O) groups is 1. The first-order valence-corrected chi connectivity index (χ1v) is 11.8. The lowest BCUT2D eigenvalue weighted by Crippen LogP contribution is -2.57. The number of allylic oxidation sites excluding steroid dienone is 1. The van der Waals surface area contributed by atoms with Crippen molar-refractivity contribution in [1.82, 2.24) is 10.6 Å². The minimum absolute atomic E-state index is 0.0209. The number of benzene rings is 2. The number of aryl methyl sites for hydroxylation is 1. The zero-order valence-electron chi connectivity index (χ0n) is 21.1. The third-order valence-corrected chi connectivity index (χ3v) is 6.05. The van der Waals surface area contributed by atoms with Gasteiger partial charge in [-0.3, -0.25) is 9.79 Å². The minimum atomic E-state index is -0.236. The van der Waals surface area contributed by atoms with Gasteiger partial charge in [0.25, 0.3) is 5.91 Å². The number of hydrogen-bond donors (Lipinski definition) is 3. The molecule has 2 aromatic carbocycles. The second-order valence-corrected chi connectivity index (χ2v) is 9.05. The molecule has 1 fully saturated rings. The number of ether oxygens (including phenoxy) is 1. The maximum Gasteiger partial charge on any atom is 0.252 e. The summed E-state index contributed by atoms with van der Waals surface area (Å²) in [5.41, 5.74) is 11.2. The van der Waals surface area contributed by atoms with Gasteiger partial charge in [-0.05, 0) is 81.8 Å². The zero-order valence-corrected chi connectivity index (χ0v) is 21.1. The fourth-order valence-electron chi connectivity index (χ4n) is 4.01. The summed E-state index contributed by atoms with van der Waals surface area (Å²) in [5, 5.41) is 6.45. The van der Waals surface area contributed by atoms with Gasteiger partial charge in [0.1, 0.15) is 5.75 Å². The lowest BCUT2D eigenvalue weighted by atomic mass is 9.99. The Morgan fingerprint density at radius 1 is 1.21 bits per heavy atom. The molecule has 7 heteroatoms. The summed E-state index contributed by atoms with van der Waals surface area (Å²) in [5.74, 6) is 0.626. The molecule has 1 atom stereocenters. The molecular formula is C27H37N5O2. The summed E-state index contributed by atoms with van der Waals surface area (Å²) in [4.78, 5) is 19.6. The normalized spacial score (nSPS) is 15.5. The largest absolute Gasteiger partial charge is 0.491 e. The first kappa shape index (κ1) is 25.3. The van der Waals surface area contributed by atoms with Crippen LogP contribution in [-0.2, 0) is 0 Å². The smallest absolute Gasteiger partial charge is 0.252 e. The van der Waals surface area contributed by atoms with Crippen LogP contribution < -0.4 is 26.0 Å². The van der Waals surface area contributed by atoms with Crippen molar-refractivity contribution in [3.05, 3.63) is 64.9 Å². The van der Waals surface area contributed by atoms with Crippen LogP contribution in [0.4, 0.5) is 5.69 Å². The highest BCUT2D eigenvalue weighted by Gasteiger charge is 2.26. The Kier molecular flexibility index (Phi) is 8.34. The van der Waals surface area contributed by atoms with Gasteiger partial charge in [0, 0.05) is 55.4 Å². The lowest BCUT2D eigenvalue weighted by molar-refractivity contribution is 0.0939. The summed E-state index contributed by atoms with van der Waals surface area (Å²) in [6.07, 6.45) is 3.26. The molecule has 1 aliphatic heterocycles. The van der Waals surface area contributed by atoms with E-state index < -0.39 is 0 Å². The Bertz CT molecular complexity index is 1070. The maximum absolute atomic E-state index is 13.3. The molecular weight excluding hydrogens is 426 g/mol. The molecule has 0 unspecified atom stereocenters. The standard InChI is InChI=1S/C27H37N5O2/c1-17(2)34-25-10-20(9-21(11-25)22(13-28)14-29-5)19(4)31-27(33)26-12-24(8-7-18(26)3)32-15-23(16-32)30-6/h7-14,17,19,23,30H,15-16,28H2,1-6H3,(H,31,33)/t19-/m1/s1. The van der Waals surface area contributed by atoms with Gasteiger partial charge in [-0.15, -0.1) is 0 Å². The monoisotopic (exact) mass is 463 g/mol. The molecule has 7 nitrogen and oxygen atoms in total. The first-order chi connectivity index (χ1) is 16.2. The zero-order chi connectivity index (χ0) is 24.8. The Labute approximate surface area is 203 Å². The van der Waals surface area contributed by atoms with Crippen molar-refractivity contribution in [3.63, 3.8) is 0 Å². The summed E-state index contributed by atoms with van der Waals surface area (Å²) in [6.45, 7) is 9.80. The Balaban J connectivity index is 1.84. The van der Waals surface area contributed by atoms with Crippen LogP contribution in [0.1, 0.15) is 53.9 Å². The second-order valence-electron chi connectivity index (χ2n) is 9.05. The third-order valence-electron chi connectivity index (χ3n) is 6.05. The van der Waals surface area contributed by atoms with E-state index in [1.165, 1.54) is 6.20 Å². The van der Waals surface area contributed by atoms with Crippen molar-refractivity contribution in [2.75, 3.05) is 32.1 Å². The molecule has 1 aliphatic rings. The molecule has 3 rings (SSSR count). The number of rotatable bonds is 9. The number of likely N-dealkylation sites (N-methyl/N-ethyl adjacent to an activating group) is 1. The summed E-state index contributed by atoms with van der Waals surface area (Å²) in [6, 6.07) is 12.3. The van der Waals surface area contributed by atoms with Crippen LogP contribution in [0, 0.1) is 6.92 Å². The summed E-state index contributed by atoms with van der Waals surface area (Å²) in [7, 11) is 3.68. The van der Waals surface area contributed by atoms with Gasteiger partial charge in [0.2, 0.25) is 0 Å². The summed E-state index contributed by atoms with van der Waals surface area (Å²) >= 11 is 0. The van der Waals surface area contributed by atoms with Gasteiger partial charge in [-0.1, -0.05) is 6.07 Å². The van der Waals surface area contributed by atoms with E-state index >= 15 is 0 Å². The fraction of sp³-hybridized carbons (Fsp3) is 0.407. The van der Waals surface area contributed by atoms with Gasteiger partial charge < -0.3 is 26.0 Å². The van der Waals surface area contributed by atoms with Crippen LogP contribution in [0.5, 0.6) is 5.75 Å². The topological polar surface area (TPSA) is 92.0 Å². The predicted octanol–water partition coefficient (Wildman–Crippen LogP) is 3.68. The van der Waals surface area contributed by atoms with E-state index in [1.807, 2.05) is 65.1 Å². The molecule has 1 heterocycles. The van der Waals surface area contributed by atoms with Crippen LogP contribution >= 0.6 is 0 Å². The second kappa shape index (κ2) is 11.2. The summed E-state index contributed by atoms with van der Waals surface area (Å²) < 4.78 is 5.97. The van der Waals surface area contributed by atoms with Crippen molar-refractivity contribution < 1.29 is 9.53 Å². The Morgan fingerprint density at radius 3 is 2.56 bits per heavy atom.